The minimum absolute atomic E-state index is 0.641. The lowest BCUT2D eigenvalue weighted by atomic mass is 10.5. The van der Waals surface area contributed by atoms with E-state index in [0.29, 0.717) is 11.1 Å². The third kappa shape index (κ3) is 2.88. The monoisotopic (exact) mass is 238 g/mol. The zero-order chi connectivity index (χ0) is 9.07. The van der Waals surface area contributed by atoms with E-state index in [1.54, 1.807) is 0 Å². The lowest BCUT2D eigenvalue weighted by Gasteiger charge is -2.32. The molecule has 11 heavy (non-hydrogen) atoms. The molecule has 0 aliphatic carbocycles. The highest BCUT2D eigenvalue weighted by atomic mass is 79.9. The molecule has 0 saturated carbocycles. The molecule has 0 atom stereocenters. The Morgan fingerprint density at radius 1 is 1.18 bits per heavy atom. The molecule has 0 rings (SSSR count). The summed E-state index contributed by atoms with van der Waals surface area (Å²) in [5.74, 6) is 0. The van der Waals surface area contributed by atoms with Gasteiger partial charge in [-0.15, -0.1) is 0 Å². The van der Waals surface area contributed by atoms with Crippen molar-refractivity contribution in [1.29, 1.82) is 0 Å². The normalized spacial score (nSPS) is 13.1. The van der Waals surface area contributed by atoms with Crippen LogP contribution in [0.25, 0.3) is 0 Å². The number of rotatable bonds is 4. The first kappa shape index (κ1) is 11.7. The van der Waals surface area contributed by atoms with Crippen molar-refractivity contribution in [3.8, 4) is 0 Å². The Morgan fingerprint density at radius 3 is 1.64 bits per heavy atom. The molecule has 68 valence electrons. The van der Waals surface area contributed by atoms with Gasteiger partial charge in [-0.05, 0) is 18.0 Å². The standard InChI is InChI=1S/C8H19BrOSi/c1-6-10-11(9,7(2)3)8(4)5/h7-8H,6H2,1-5H3. The van der Waals surface area contributed by atoms with Crippen molar-refractivity contribution >= 4 is 22.2 Å². The van der Waals surface area contributed by atoms with E-state index in [9.17, 15) is 0 Å². The summed E-state index contributed by atoms with van der Waals surface area (Å²) < 4.78 is 5.81. The summed E-state index contributed by atoms with van der Waals surface area (Å²) in [6.07, 6.45) is 0. The number of hydrogen-bond acceptors (Lipinski definition) is 1. The average Bonchev–Trinajstić information content (AvgIpc) is 1.87. The molecule has 0 aromatic carbocycles. The van der Waals surface area contributed by atoms with E-state index in [1.807, 2.05) is 0 Å². The zero-order valence-electron chi connectivity index (χ0n) is 8.15. The highest BCUT2D eigenvalue weighted by Crippen LogP contribution is 2.38. The summed E-state index contributed by atoms with van der Waals surface area (Å²) in [7, 11) is 0. The van der Waals surface area contributed by atoms with Crippen LogP contribution in [0.5, 0.6) is 0 Å². The smallest absolute Gasteiger partial charge is 0.268 e. The first-order chi connectivity index (χ1) is 4.95. The zero-order valence-corrected chi connectivity index (χ0v) is 10.7. The molecule has 0 N–H and O–H groups in total. The van der Waals surface area contributed by atoms with E-state index < -0.39 is 6.94 Å². The summed E-state index contributed by atoms with van der Waals surface area (Å²) in [5, 5.41) is 0. The molecule has 0 spiro atoms. The fourth-order valence-corrected chi connectivity index (χ4v) is 4.35. The first-order valence-electron chi connectivity index (χ1n) is 4.28. The molecule has 0 amide bonds. The van der Waals surface area contributed by atoms with E-state index in [4.69, 9.17) is 4.43 Å². The van der Waals surface area contributed by atoms with Crippen LogP contribution in [0.1, 0.15) is 34.6 Å². The maximum Gasteiger partial charge on any atom is 0.268 e. The van der Waals surface area contributed by atoms with Crippen LogP contribution >= 0.6 is 15.3 Å². The second kappa shape index (κ2) is 4.63. The quantitative estimate of drug-likeness (QED) is 0.537. The minimum Gasteiger partial charge on any atom is -0.406 e. The van der Waals surface area contributed by atoms with E-state index in [0.717, 1.165) is 6.61 Å². The average molecular weight is 239 g/mol. The van der Waals surface area contributed by atoms with Crippen molar-refractivity contribution in [3.05, 3.63) is 0 Å². The Hall–Kier alpha value is 0.657. The van der Waals surface area contributed by atoms with Crippen LogP contribution in [-0.2, 0) is 4.43 Å². The second-order valence-electron chi connectivity index (χ2n) is 3.44. The SMILES string of the molecule is CCO[Si](Br)(C(C)C)C(C)C. The molecule has 1 nitrogen and oxygen atoms in total. The van der Waals surface area contributed by atoms with Gasteiger partial charge in [0.05, 0.1) is 0 Å². The van der Waals surface area contributed by atoms with Gasteiger partial charge in [-0.2, -0.15) is 0 Å². The van der Waals surface area contributed by atoms with Gasteiger partial charge in [-0.3, -0.25) is 0 Å². The van der Waals surface area contributed by atoms with Crippen LogP contribution in [0.15, 0.2) is 0 Å². The lowest BCUT2D eigenvalue weighted by molar-refractivity contribution is 0.324. The van der Waals surface area contributed by atoms with Gasteiger partial charge in [0, 0.05) is 6.61 Å². The van der Waals surface area contributed by atoms with Crippen molar-refractivity contribution in [3.63, 3.8) is 0 Å². The van der Waals surface area contributed by atoms with Crippen molar-refractivity contribution in [2.24, 2.45) is 0 Å². The molecule has 0 aromatic heterocycles. The Balaban J connectivity index is 4.26. The summed E-state index contributed by atoms with van der Waals surface area (Å²) in [6, 6.07) is 0. The van der Waals surface area contributed by atoms with Gasteiger partial charge in [0.2, 0.25) is 0 Å². The molecule has 0 fully saturated rings. The summed E-state index contributed by atoms with van der Waals surface area (Å²) in [5.41, 5.74) is 1.28. The fourth-order valence-electron chi connectivity index (χ4n) is 1.22. The Morgan fingerprint density at radius 2 is 1.55 bits per heavy atom. The maximum absolute atomic E-state index is 5.81. The molecule has 0 unspecified atom stereocenters. The van der Waals surface area contributed by atoms with Crippen LogP contribution in [0.3, 0.4) is 0 Å². The Bertz CT molecular complexity index is 107. The van der Waals surface area contributed by atoms with E-state index in [2.05, 4.69) is 49.9 Å². The predicted octanol–water partition coefficient (Wildman–Crippen LogP) is 3.68. The molecular weight excluding hydrogens is 220 g/mol. The Labute approximate surface area is 79.2 Å². The Kier molecular flexibility index (Phi) is 4.90. The molecule has 0 aliphatic rings. The molecule has 0 saturated heterocycles. The molecular formula is C8H19BrOSi. The molecule has 0 radical (unpaired) electrons. The van der Waals surface area contributed by atoms with Crippen LogP contribution in [-0.4, -0.2) is 13.5 Å². The summed E-state index contributed by atoms with van der Waals surface area (Å²) in [4.78, 5) is 0. The third-order valence-corrected chi connectivity index (χ3v) is 12.0. The van der Waals surface area contributed by atoms with Gasteiger partial charge in [0.15, 0.2) is 0 Å². The van der Waals surface area contributed by atoms with Crippen LogP contribution in [0.4, 0.5) is 0 Å². The van der Waals surface area contributed by atoms with Gasteiger partial charge in [0.1, 0.15) is 0 Å². The van der Waals surface area contributed by atoms with Crippen LogP contribution in [0, 0.1) is 0 Å². The first-order valence-corrected chi connectivity index (χ1v) is 8.60. The largest absolute Gasteiger partial charge is 0.406 e. The van der Waals surface area contributed by atoms with E-state index in [1.165, 1.54) is 0 Å². The van der Waals surface area contributed by atoms with Crippen molar-refractivity contribution in [2.75, 3.05) is 6.61 Å². The van der Waals surface area contributed by atoms with Crippen molar-refractivity contribution < 1.29 is 4.43 Å². The van der Waals surface area contributed by atoms with Gasteiger partial charge >= 0.3 is 0 Å². The third-order valence-electron chi connectivity index (χ3n) is 1.94. The minimum atomic E-state index is -1.59. The van der Waals surface area contributed by atoms with Gasteiger partial charge in [-0.1, -0.05) is 43.0 Å². The molecule has 0 bridgehead atoms. The van der Waals surface area contributed by atoms with Gasteiger partial charge < -0.3 is 4.43 Å². The lowest BCUT2D eigenvalue weighted by Crippen LogP contribution is -2.38. The highest BCUT2D eigenvalue weighted by molar-refractivity contribution is 9.25. The summed E-state index contributed by atoms with van der Waals surface area (Å²) in [6.45, 7) is 10.2. The molecule has 0 aromatic rings. The fraction of sp³-hybridized carbons (Fsp3) is 1.00. The van der Waals surface area contributed by atoms with E-state index >= 15 is 0 Å². The number of hydrogen-bond donors (Lipinski definition) is 0. The second-order valence-corrected chi connectivity index (χ2v) is 11.2. The van der Waals surface area contributed by atoms with Gasteiger partial charge in [0.25, 0.3) is 6.94 Å². The number of halogens is 1. The van der Waals surface area contributed by atoms with Crippen LogP contribution < -0.4 is 0 Å². The van der Waals surface area contributed by atoms with Crippen molar-refractivity contribution in [1.82, 2.24) is 0 Å². The topological polar surface area (TPSA) is 9.23 Å². The summed E-state index contributed by atoms with van der Waals surface area (Å²) >= 11 is 3.79. The van der Waals surface area contributed by atoms with Crippen molar-refractivity contribution in [2.45, 2.75) is 45.7 Å². The van der Waals surface area contributed by atoms with E-state index in [-0.39, 0.29) is 0 Å². The molecule has 0 heterocycles. The maximum atomic E-state index is 5.81. The molecule has 0 aliphatic heterocycles. The predicted molar refractivity (Wildman–Crippen MR) is 56.5 cm³/mol. The van der Waals surface area contributed by atoms with Crippen LogP contribution in [0.2, 0.25) is 11.1 Å². The van der Waals surface area contributed by atoms with Gasteiger partial charge in [-0.25, -0.2) is 0 Å². The molecule has 3 heteroatoms. The highest BCUT2D eigenvalue weighted by Gasteiger charge is 2.38.